The molecule has 0 saturated heterocycles. The highest BCUT2D eigenvalue weighted by Gasteiger charge is 2.04. The average Bonchev–Trinajstić information content (AvgIpc) is 2.34. The van der Waals surface area contributed by atoms with Gasteiger partial charge in [0, 0.05) is 6.42 Å². The first-order chi connectivity index (χ1) is 4.79. The van der Waals surface area contributed by atoms with Crippen LogP contribution < -0.4 is 16.5 Å². The molecule has 0 unspecified atom stereocenters. The van der Waals surface area contributed by atoms with Crippen molar-refractivity contribution in [1.29, 1.82) is 0 Å². The Bertz CT molecular complexity index is 130. The minimum atomic E-state index is 0.741. The van der Waals surface area contributed by atoms with Crippen LogP contribution in [0.2, 0.25) is 0 Å². The highest BCUT2D eigenvalue weighted by atomic mass is 15.8. The van der Waals surface area contributed by atoms with Crippen LogP contribution in [0.25, 0.3) is 0 Å². The van der Waals surface area contributed by atoms with Crippen molar-refractivity contribution in [3.05, 3.63) is 0 Å². The molecular weight excluding hydrogens is 128 g/mol. The second-order valence-corrected chi connectivity index (χ2v) is 2.85. The largest absolute Gasteiger partial charge is 0.289 e. The Morgan fingerprint density at radius 2 is 2.30 bits per heavy atom. The molecule has 0 spiro atoms. The molecule has 10 heavy (non-hydrogen) atoms. The third kappa shape index (κ3) is 2.23. The lowest BCUT2D eigenvalue weighted by Gasteiger charge is -2.02. The van der Waals surface area contributed by atoms with E-state index in [9.17, 15) is 0 Å². The van der Waals surface area contributed by atoms with Crippen LogP contribution in [-0.4, -0.2) is 5.84 Å². The standard InChI is InChI=1S/C6H14N4/c1-5(2)3-4-6-7-9-10-8-6/h5,9-10H,3-4H2,1-2H3,(H,7,8). The molecule has 0 fully saturated rings. The maximum atomic E-state index is 3.95. The Labute approximate surface area is 61.0 Å². The molecule has 1 aliphatic heterocycles. The molecule has 0 amide bonds. The fourth-order valence-electron chi connectivity index (χ4n) is 0.767. The molecule has 0 aromatic heterocycles. The van der Waals surface area contributed by atoms with Gasteiger partial charge in [-0.25, -0.2) is 5.53 Å². The van der Waals surface area contributed by atoms with Gasteiger partial charge in [0.05, 0.1) is 0 Å². The molecule has 1 heterocycles. The number of hydrazine groups is 2. The minimum Gasteiger partial charge on any atom is -0.289 e. The zero-order valence-electron chi connectivity index (χ0n) is 6.44. The molecular formula is C6H14N4. The van der Waals surface area contributed by atoms with E-state index >= 15 is 0 Å². The third-order valence-corrected chi connectivity index (χ3v) is 1.41. The molecule has 4 heteroatoms. The van der Waals surface area contributed by atoms with Crippen LogP contribution in [0, 0.1) is 5.92 Å². The molecule has 0 bridgehead atoms. The van der Waals surface area contributed by atoms with Crippen LogP contribution in [0.15, 0.2) is 5.10 Å². The Morgan fingerprint density at radius 3 is 2.80 bits per heavy atom. The van der Waals surface area contributed by atoms with E-state index in [1.54, 1.807) is 0 Å². The van der Waals surface area contributed by atoms with Gasteiger partial charge in [0.2, 0.25) is 0 Å². The summed E-state index contributed by atoms with van der Waals surface area (Å²) in [4.78, 5) is 0. The van der Waals surface area contributed by atoms with Crippen LogP contribution >= 0.6 is 0 Å². The quantitative estimate of drug-likeness (QED) is 0.533. The monoisotopic (exact) mass is 142 g/mol. The van der Waals surface area contributed by atoms with E-state index in [0.717, 1.165) is 18.2 Å². The predicted octanol–water partition coefficient (Wildman–Crippen LogP) is 0.348. The van der Waals surface area contributed by atoms with E-state index in [1.165, 1.54) is 6.42 Å². The highest BCUT2D eigenvalue weighted by molar-refractivity contribution is 5.82. The van der Waals surface area contributed by atoms with Crippen molar-refractivity contribution in [3.8, 4) is 0 Å². The van der Waals surface area contributed by atoms with Gasteiger partial charge in [-0.05, 0) is 12.3 Å². The van der Waals surface area contributed by atoms with Gasteiger partial charge in [0.15, 0.2) is 0 Å². The topological polar surface area (TPSA) is 48.5 Å². The Morgan fingerprint density at radius 1 is 1.50 bits per heavy atom. The summed E-state index contributed by atoms with van der Waals surface area (Å²) in [6.07, 6.45) is 2.19. The van der Waals surface area contributed by atoms with Crippen LogP contribution in [-0.2, 0) is 0 Å². The molecule has 0 radical (unpaired) electrons. The van der Waals surface area contributed by atoms with E-state index in [0.29, 0.717) is 0 Å². The molecule has 0 aromatic rings. The van der Waals surface area contributed by atoms with E-state index in [2.05, 4.69) is 35.4 Å². The number of hydrazone groups is 1. The molecule has 0 aliphatic carbocycles. The predicted molar refractivity (Wildman–Crippen MR) is 40.9 cm³/mol. The second kappa shape index (κ2) is 3.41. The van der Waals surface area contributed by atoms with Gasteiger partial charge in [0.1, 0.15) is 5.84 Å². The molecule has 0 atom stereocenters. The van der Waals surface area contributed by atoms with Crippen molar-refractivity contribution in [2.24, 2.45) is 11.0 Å². The highest BCUT2D eigenvalue weighted by Crippen LogP contribution is 2.03. The Kier molecular flexibility index (Phi) is 2.50. The summed E-state index contributed by atoms with van der Waals surface area (Å²) < 4.78 is 0. The van der Waals surface area contributed by atoms with Crippen LogP contribution in [0.5, 0.6) is 0 Å². The van der Waals surface area contributed by atoms with Crippen LogP contribution in [0.3, 0.4) is 0 Å². The number of rotatable bonds is 3. The van der Waals surface area contributed by atoms with Gasteiger partial charge in [-0.1, -0.05) is 13.8 Å². The van der Waals surface area contributed by atoms with Crippen molar-refractivity contribution in [1.82, 2.24) is 16.5 Å². The third-order valence-electron chi connectivity index (χ3n) is 1.41. The van der Waals surface area contributed by atoms with Crippen molar-refractivity contribution in [2.45, 2.75) is 26.7 Å². The van der Waals surface area contributed by atoms with Gasteiger partial charge in [0.25, 0.3) is 0 Å². The van der Waals surface area contributed by atoms with Gasteiger partial charge in [-0.15, -0.1) is 10.6 Å². The van der Waals surface area contributed by atoms with Crippen LogP contribution in [0.1, 0.15) is 26.7 Å². The Hall–Kier alpha value is -0.770. The van der Waals surface area contributed by atoms with Crippen molar-refractivity contribution in [2.75, 3.05) is 0 Å². The summed E-state index contributed by atoms with van der Waals surface area (Å²) >= 11 is 0. The lowest BCUT2D eigenvalue weighted by molar-refractivity contribution is 0.569. The minimum absolute atomic E-state index is 0.741. The van der Waals surface area contributed by atoms with E-state index in [4.69, 9.17) is 0 Å². The zero-order chi connectivity index (χ0) is 7.40. The van der Waals surface area contributed by atoms with Crippen molar-refractivity contribution >= 4 is 5.84 Å². The van der Waals surface area contributed by atoms with Crippen molar-refractivity contribution in [3.63, 3.8) is 0 Å². The summed E-state index contributed by atoms with van der Waals surface area (Å²) in [6, 6.07) is 0. The molecule has 58 valence electrons. The van der Waals surface area contributed by atoms with Gasteiger partial charge in [-0.2, -0.15) is 0 Å². The molecule has 0 aromatic carbocycles. The first kappa shape index (κ1) is 7.34. The van der Waals surface area contributed by atoms with Gasteiger partial charge < -0.3 is 0 Å². The normalized spacial score (nSPS) is 16.5. The second-order valence-electron chi connectivity index (χ2n) is 2.85. The number of hydrogen-bond acceptors (Lipinski definition) is 4. The maximum absolute atomic E-state index is 3.95. The fourth-order valence-corrected chi connectivity index (χ4v) is 0.767. The number of nitrogens with zero attached hydrogens (tertiary/aromatic N) is 1. The first-order valence-electron chi connectivity index (χ1n) is 3.61. The number of nitrogens with one attached hydrogen (secondary N) is 3. The van der Waals surface area contributed by atoms with Gasteiger partial charge in [-0.3, -0.25) is 5.43 Å². The van der Waals surface area contributed by atoms with Crippen molar-refractivity contribution < 1.29 is 0 Å². The molecule has 3 N–H and O–H groups in total. The first-order valence-corrected chi connectivity index (χ1v) is 3.61. The summed E-state index contributed by atoms with van der Waals surface area (Å²) in [7, 11) is 0. The number of hydrogen-bond donors (Lipinski definition) is 3. The summed E-state index contributed by atoms with van der Waals surface area (Å²) in [5, 5.41) is 3.95. The van der Waals surface area contributed by atoms with Gasteiger partial charge >= 0.3 is 0 Å². The molecule has 4 nitrogen and oxygen atoms in total. The van der Waals surface area contributed by atoms with E-state index in [-0.39, 0.29) is 0 Å². The Balaban J connectivity index is 2.13. The van der Waals surface area contributed by atoms with E-state index < -0.39 is 0 Å². The zero-order valence-corrected chi connectivity index (χ0v) is 6.44. The number of amidine groups is 1. The molecule has 0 saturated carbocycles. The SMILES string of the molecule is CC(C)CCC1=NNNN1. The molecule has 1 aliphatic rings. The smallest absolute Gasteiger partial charge is 0.139 e. The molecule has 1 rings (SSSR count). The summed E-state index contributed by atoms with van der Waals surface area (Å²) in [5.41, 5.74) is 8.22. The maximum Gasteiger partial charge on any atom is 0.139 e. The lowest BCUT2D eigenvalue weighted by atomic mass is 10.1. The average molecular weight is 142 g/mol. The van der Waals surface area contributed by atoms with E-state index in [1.807, 2.05) is 0 Å². The summed E-state index contributed by atoms with van der Waals surface area (Å²) in [5.74, 6) is 1.74. The summed E-state index contributed by atoms with van der Waals surface area (Å²) in [6.45, 7) is 4.41. The van der Waals surface area contributed by atoms with Crippen LogP contribution in [0.4, 0.5) is 0 Å². The fraction of sp³-hybridized carbons (Fsp3) is 0.833. The lowest BCUT2D eigenvalue weighted by Crippen LogP contribution is -2.34.